The van der Waals surface area contributed by atoms with Gasteiger partial charge in [-0.25, -0.2) is 15.0 Å². The molecule has 0 atom stereocenters. The molecule has 1 fully saturated rings. The molecule has 1 aromatic carbocycles. The minimum absolute atomic E-state index is 0.544. The lowest BCUT2D eigenvalue weighted by Crippen LogP contribution is -2.05. The molecule has 1 aliphatic rings. The van der Waals surface area contributed by atoms with E-state index in [9.17, 15) is 0 Å². The van der Waals surface area contributed by atoms with Crippen LogP contribution in [0.5, 0.6) is 0 Å². The summed E-state index contributed by atoms with van der Waals surface area (Å²) in [5.41, 5.74) is 9.39. The Bertz CT molecular complexity index is 790. The van der Waals surface area contributed by atoms with Crippen LogP contribution in [0.25, 0.3) is 11.2 Å². The monoisotopic (exact) mass is 280 g/mol. The fourth-order valence-corrected chi connectivity index (χ4v) is 2.41. The van der Waals surface area contributed by atoms with E-state index in [4.69, 9.17) is 5.73 Å². The molecular weight excluding hydrogens is 264 g/mol. The van der Waals surface area contributed by atoms with E-state index in [2.05, 4.69) is 20.3 Å². The third-order valence-electron chi connectivity index (χ3n) is 3.62. The van der Waals surface area contributed by atoms with Gasteiger partial charge >= 0.3 is 0 Å². The fourth-order valence-electron chi connectivity index (χ4n) is 2.41. The summed E-state index contributed by atoms with van der Waals surface area (Å²) in [4.78, 5) is 13.1. The Kier molecular flexibility index (Phi) is 2.73. The maximum absolute atomic E-state index is 5.83. The quantitative estimate of drug-likeness (QED) is 0.715. The van der Waals surface area contributed by atoms with Crippen LogP contribution in [-0.4, -0.2) is 25.6 Å². The van der Waals surface area contributed by atoms with E-state index in [1.54, 1.807) is 12.7 Å². The number of rotatable bonds is 4. The van der Waals surface area contributed by atoms with Crippen LogP contribution >= 0.6 is 0 Å². The number of hydrogen-bond acceptors (Lipinski definition) is 5. The van der Waals surface area contributed by atoms with Gasteiger partial charge < -0.3 is 15.6 Å². The zero-order valence-corrected chi connectivity index (χ0v) is 11.5. The summed E-state index contributed by atoms with van der Waals surface area (Å²) < 4.78 is 2.02. The van der Waals surface area contributed by atoms with E-state index >= 15 is 0 Å². The summed E-state index contributed by atoms with van der Waals surface area (Å²) in [6.45, 7) is 0.696. The van der Waals surface area contributed by atoms with Gasteiger partial charge in [0.1, 0.15) is 11.8 Å². The molecule has 1 saturated carbocycles. The summed E-state index contributed by atoms with van der Waals surface area (Å²) in [6, 6.07) is 8.40. The Hall–Kier alpha value is -2.63. The molecule has 0 bridgehead atoms. The van der Waals surface area contributed by atoms with Crippen molar-refractivity contribution < 1.29 is 0 Å². The maximum Gasteiger partial charge on any atom is 0.165 e. The molecule has 21 heavy (non-hydrogen) atoms. The fraction of sp³-hybridized carbons (Fsp3) is 0.267. The smallest absolute Gasteiger partial charge is 0.165 e. The van der Waals surface area contributed by atoms with Crippen molar-refractivity contribution in [1.29, 1.82) is 0 Å². The summed E-state index contributed by atoms with van der Waals surface area (Å²) in [7, 11) is 0. The van der Waals surface area contributed by atoms with Gasteiger partial charge in [0.05, 0.1) is 12.9 Å². The minimum Gasteiger partial charge on any atom is -0.399 e. The minimum atomic E-state index is 0.544. The number of aromatic nitrogens is 4. The Morgan fingerprint density at radius 3 is 2.95 bits per heavy atom. The predicted octanol–water partition coefficient (Wildman–Crippen LogP) is 2.03. The van der Waals surface area contributed by atoms with E-state index in [1.807, 2.05) is 28.8 Å². The van der Waals surface area contributed by atoms with Crippen LogP contribution < -0.4 is 11.1 Å². The third kappa shape index (κ3) is 2.40. The van der Waals surface area contributed by atoms with Gasteiger partial charge in [-0.3, -0.25) is 0 Å². The summed E-state index contributed by atoms with van der Waals surface area (Å²) in [5.74, 6) is 0.828. The molecule has 0 aliphatic heterocycles. The SMILES string of the molecule is Nc1cccc(Cn2cnc3c(NC4CC4)ncnc32)c1. The number of nitrogens with two attached hydrogens (primary N) is 1. The second kappa shape index (κ2) is 4.73. The summed E-state index contributed by atoms with van der Waals surface area (Å²) in [6.07, 6.45) is 5.80. The molecule has 4 rings (SSSR count). The molecule has 6 heteroatoms. The van der Waals surface area contributed by atoms with Crippen LogP contribution in [-0.2, 0) is 6.54 Å². The van der Waals surface area contributed by atoms with Crippen molar-refractivity contribution in [2.75, 3.05) is 11.1 Å². The van der Waals surface area contributed by atoms with Gasteiger partial charge in [0.2, 0.25) is 0 Å². The molecule has 3 aromatic rings. The lowest BCUT2D eigenvalue weighted by atomic mass is 10.2. The highest BCUT2D eigenvalue weighted by Crippen LogP contribution is 2.26. The number of fused-ring (bicyclic) bond motifs is 1. The molecule has 0 spiro atoms. The second-order valence-electron chi connectivity index (χ2n) is 5.43. The largest absolute Gasteiger partial charge is 0.399 e. The van der Waals surface area contributed by atoms with Crippen molar-refractivity contribution in [3.8, 4) is 0 Å². The molecule has 0 amide bonds. The standard InChI is InChI=1S/C15H16N6/c16-11-3-1-2-10(6-11)7-21-9-19-13-14(20-12-4-5-12)17-8-18-15(13)21/h1-3,6,8-9,12H,4-5,7,16H2,(H,17,18,20). The Morgan fingerprint density at radius 2 is 2.14 bits per heavy atom. The van der Waals surface area contributed by atoms with Crippen molar-refractivity contribution in [2.24, 2.45) is 0 Å². The van der Waals surface area contributed by atoms with E-state index in [1.165, 1.54) is 12.8 Å². The van der Waals surface area contributed by atoms with Crippen LogP contribution in [0.3, 0.4) is 0 Å². The molecule has 0 unspecified atom stereocenters. The van der Waals surface area contributed by atoms with Crippen molar-refractivity contribution in [2.45, 2.75) is 25.4 Å². The lowest BCUT2D eigenvalue weighted by Gasteiger charge is -2.06. The molecule has 0 saturated heterocycles. The normalized spacial score (nSPS) is 14.5. The highest BCUT2D eigenvalue weighted by Gasteiger charge is 2.23. The summed E-state index contributed by atoms with van der Waals surface area (Å²) in [5, 5.41) is 3.40. The molecule has 0 radical (unpaired) electrons. The number of imidazole rings is 1. The Labute approximate surface area is 122 Å². The molecule has 2 heterocycles. The number of anilines is 2. The zero-order valence-electron chi connectivity index (χ0n) is 11.5. The number of benzene rings is 1. The zero-order chi connectivity index (χ0) is 14.2. The first-order valence-corrected chi connectivity index (χ1v) is 7.06. The van der Waals surface area contributed by atoms with Crippen molar-refractivity contribution in [3.63, 3.8) is 0 Å². The first-order valence-electron chi connectivity index (χ1n) is 7.06. The Balaban J connectivity index is 1.69. The van der Waals surface area contributed by atoms with Crippen molar-refractivity contribution >= 4 is 22.7 Å². The number of nitrogens with one attached hydrogen (secondary N) is 1. The van der Waals surface area contributed by atoms with Crippen LogP contribution in [0.4, 0.5) is 11.5 Å². The predicted molar refractivity (Wildman–Crippen MR) is 81.9 cm³/mol. The van der Waals surface area contributed by atoms with E-state index < -0.39 is 0 Å². The second-order valence-corrected chi connectivity index (χ2v) is 5.43. The topological polar surface area (TPSA) is 81.7 Å². The average Bonchev–Trinajstić information content (AvgIpc) is 3.20. The van der Waals surface area contributed by atoms with Crippen molar-refractivity contribution in [1.82, 2.24) is 19.5 Å². The first-order chi connectivity index (χ1) is 10.3. The van der Waals surface area contributed by atoms with Gasteiger partial charge in [-0.15, -0.1) is 0 Å². The van der Waals surface area contributed by atoms with Gasteiger partial charge in [0, 0.05) is 11.7 Å². The molecule has 1 aliphatic carbocycles. The van der Waals surface area contributed by atoms with Crippen LogP contribution in [0.2, 0.25) is 0 Å². The van der Waals surface area contributed by atoms with Gasteiger partial charge in [-0.1, -0.05) is 12.1 Å². The van der Waals surface area contributed by atoms with Gasteiger partial charge in [-0.2, -0.15) is 0 Å². The molecule has 106 valence electrons. The number of nitrogens with zero attached hydrogens (tertiary/aromatic N) is 4. The third-order valence-corrected chi connectivity index (χ3v) is 3.62. The van der Waals surface area contributed by atoms with Crippen LogP contribution in [0, 0.1) is 0 Å². The highest BCUT2D eigenvalue weighted by molar-refractivity contribution is 5.82. The van der Waals surface area contributed by atoms with Crippen LogP contribution in [0.15, 0.2) is 36.9 Å². The first kappa shape index (κ1) is 12.1. The molecule has 3 N–H and O–H groups in total. The van der Waals surface area contributed by atoms with Gasteiger partial charge in [-0.05, 0) is 30.5 Å². The van der Waals surface area contributed by atoms with E-state index in [0.717, 1.165) is 28.2 Å². The van der Waals surface area contributed by atoms with Gasteiger partial charge in [0.25, 0.3) is 0 Å². The molecule has 6 nitrogen and oxygen atoms in total. The average molecular weight is 280 g/mol. The number of nitrogen functional groups attached to an aromatic ring is 1. The number of hydrogen-bond donors (Lipinski definition) is 2. The van der Waals surface area contributed by atoms with E-state index in [-0.39, 0.29) is 0 Å². The van der Waals surface area contributed by atoms with Crippen LogP contribution in [0.1, 0.15) is 18.4 Å². The van der Waals surface area contributed by atoms with E-state index in [0.29, 0.717) is 12.6 Å². The van der Waals surface area contributed by atoms with Gasteiger partial charge in [0.15, 0.2) is 11.5 Å². The maximum atomic E-state index is 5.83. The van der Waals surface area contributed by atoms with Crippen molar-refractivity contribution in [3.05, 3.63) is 42.5 Å². The Morgan fingerprint density at radius 1 is 1.24 bits per heavy atom. The highest BCUT2D eigenvalue weighted by atomic mass is 15.2. The molecular formula is C15H16N6. The molecule has 2 aromatic heterocycles. The summed E-state index contributed by atoms with van der Waals surface area (Å²) >= 11 is 0. The lowest BCUT2D eigenvalue weighted by molar-refractivity contribution is 0.813.